The molecular formula is C15H11ClFNO3. The monoisotopic (exact) mass is 307 g/mol. The first-order valence-corrected chi connectivity index (χ1v) is 6.36. The first-order chi connectivity index (χ1) is 10.1. The molecule has 0 aliphatic heterocycles. The third-order valence-corrected chi connectivity index (χ3v) is 2.97. The van der Waals surface area contributed by atoms with Crippen molar-refractivity contribution in [3.8, 4) is 5.75 Å². The van der Waals surface area contributed by atoms with E-state index in [1.165, 1.54) is 24.4 Å². The number of para-hydroxylation sites is 1. The van der Waals surface area contributed by atoms with Gasteiger partial charge in [-0.2, -0.15) is 0 Å². The van der Waals surface area contributed by atoms with E-state index in [0.29, 0.717) is 16.1 Å². The lowest BCUT2D eigenvalue weighted by molar-refractivity contribution is -0.131. The third-order valence-electron chi connectivity index (χ3n) is 2.63. The highest BCUT2D eigenvalue weighted by molar-refractivity contribution is 6.31. The van der Waals surface area contributed by atoms with Crippen LogP contribution in [0, 0.1) is 5.82 Å². The summed E-state index contributed by atoms with van der Waals surface area (Å²) in [6, 6.07) is 5.94. The lowest BCUT2D eigenvalue weighted by atomic mass is 10.1. The second-order valence-corrected chi connectivity index (χ2v) is 4.49. The lowest BCUT2D eigenvalue weighted by Crippen LogP contribution is -2.00. The zero-order chi connectivity index (χ0) is 15.2. The van der Waals surface area contributed by atoms with Gasteiger partial charge in [0, 0.05) is 29.6 Å². The van der Waals surface area contributed by atoms with E-state index in [0.717, 1.165) is 6.08 Å². The SMILES string of the molecule is O=C(O)/C=C/c1cccc(F)c1OCc1ccncc1Cl. The summed E-state index contributed by atoms with van der Waals surface area (Å²) in [6.45, 7) is 0.0518. The smallest absolute Gasteiger partial charge is 0.328 e. The van der Waals surface area contributed by atoms with Crippen LogP contribution in [-0.4, -0.2) is 16.1 Å². The summed E-state index contributed by atoms with van der Waals surface area (Å²) in [5, 5.41) is 9.05. The number of carboxylic acid groups (broad SMARTS) is 1. The molecule has 0 saturated carbocycles. The minimum Gasteiger partial charge on any atom is -0.485 e. The number of pyridine rings is 1. The minimum absolute atomic E-state index is 0.0251. The van der Waals surface area contributed by atoms with Gasteiger partial charge < -0.3 is 9.84 Å². The van der Waals surface area contributed by atoms with Gasteiger partial charge in [0.05, 0.1) is 5.02 Å². The minimum atomic E-state index is -1.12. The average Bonchev–Trinajstić information content (AvgIpc) is 2.45. The Hall–Kier alpha value is -2.40. The van der Waals surface area contributed by atoms with Gasteiger partial charge >= 0.3 is 5.97 Å². The fourth-order valence-electron chi connectivity index (χ4n) is 1.64. The van der Waals surface area contributed by atoms with Gasteiger partial charge in [-0.15, -0.1) is 0 Å². The summed E-state index contributed by atoms with van der Waals surface area (Å²) in [6.07, 6.45) is 5.21. The molecule has 0 aliphatic rings. The lowest BCUT2D eigenvalue weighted by Gasteiger charge is -2.11. The second kappa shape index (κ2) is 6.85. The van der Waals surface area contributed by atoms with Gasteiger partial charge in [0.15, 0.2) is 11.6 Å². The van der Waals surface area contributed by atoms with E-state index in [4.69, 9.17) is 21.4 Å². The van der Waals surface area contributed by atoms with Crippen LogP contribution >= 0.6 is 11.6 Å². The maximum absolute atomic E-state index is 13.8. The Labute approximate surface area is 125 Å². The molecule has 0 spiro atoms. The molecule has 0 saturated heterocycles. The van der Waals surface area contributed by atoms with E-state index in [1.807, 2.05) is 0 Å². The molecule has 0 aliphatic carbocycles. The van der Waals surface area contributed by atoms with E-state index in [9.17, 15) is 9.18 Å². The fourth-order valence-corrected chi connectivity index (χ4v) is 1.81. The molecule has 0 atom stereocenters. The zero-order valence-corrected chi connectivity index (χ0v) is 11.5. The van der Waals surface area contributed by atoms with Gasteiger partial charge in [-0.1, -0.05) is 23.7 Å². The normalized spacial score (nSPS) is 10.8. The third kappa shape index (κ3) is 4.03. The molecule has 108 valence electrons. The van der Waals surface area contributed by atoms with Gasteiger partial charge in [-0.05, 0) is 18.2 Å². The Morgan fingerprint density at radius 1 is 1.43 bits per heavy atom. The van der Waals surface area contributed by atoms with E-state index in [2.05, 4.69) is 4.98 Å². The number of aromatic nitrogens is 1. The van der Waals surface area contributed by atoms with E-state index >= 15 is 0 Å². The van der Waals surface area contributed by atoms with Crippen LogP contribution in [0.1, 0.15) is 11.1 Å². The van der Waals surface area contributed by atoms with Gasteiger partial charge in [0.25, 0.3) is 0 Å². The number of aliphatic carboxylic acids is 1. The molecule has 0 amide bonds. The largest absolute Gasteiger partial charge is 0.485 e. The van der Waals surface area contributed by atoms with Crippen molar-refractivity contribution in [3.05, 3.63) is 64.7 Å². The molecule has 6 heteroatoms. The highest BCUT2D eigenvalue weighted by Gasteiger charge is 2.09. The van der Waals surface area contributed by atoms with Crippen LogP contribution in [0.2, 0.25) is 5.02 Å². The Morgan fingerprint density at radius 2 is 2.24 bits per heavy atom. The van der Waals surface area contributed by atoms with Crippen molar-refractivity contribution in [1.29, 1.82) is 0 Å². The molecule has 0 radical (unpaired) electrons. The predicted molar refractivity (Wildman–Crippen MR) is 76.6 cm³/mol. The Balaban J connectivity index is 2.23. The second-order valence-electron chi connectivity index (χ2n) is 4.09. The number of rotatable bonds is 5. The van der Waals surface area contributed by atoms with Gasteiger partial charge in [-0.25, -0.2) is 9.18 Å². The quantitative estimate of drug-likeness (QED) is 0.858. The first kappa shape index (κ1) is 15.0. The topological polar surface area (TPSA) is 59.4 Å². The van der Waals surface area contributed by atoms with Crippen molar-refractivity contribution >= 4 is 23.6 Å². The number of carboxylic acids is 1. The molecule has 0 bridgehead atoms. The Bertz CT molecular complexity index is 688. The highest BCUT2D eigenvalue weighted by Crippen LogP contribution is 2.26. The summed E-state index contributed by atoms with van der Waals surface area (Å²) in [7, 11) is 0. The van der Waals surface area contributed by atoms with Gasteiger partial charge in [0.1, 0.15) is 6.61 Å². The van der Waals surface area contributed by atoms with Crippen molar-refractivity contribution in [2.75, 3.05) is 0 Å². The Kier molecular flexibility index (Phi) is 4.90. The molecule has 1 N–H and O–H groups in total. The van der Waals surface area contributed by atoms with Crippen LogP contribution in [0.15, 0.2) is 42.7 Å². The predicted octanol–water partition coefficient (Wildman–Crippen LogP) is 3.55. The molecule has 2 rings (SSSR count). The number of nitrogens with zero attached hydrogens (tertiary/aromatic N) is 1. The number of benzene rings is 1. The molecule has 0 fully saturated rings. The van der Waals surface area contributed by atoms with Gasteiger partial charge in [-0.3, -0.25) is 4.98 Å². The van der Waals surface area contributed by atoms with E-state index in [1.54, 1.807) is 18.3 Å². The van der Waals surface area contributed by atoms with Crippen LogP contribution in [0.25, 0.3) is 6.08 Å². The summed E-state index contributed by atoms with van der Waals surface area (Å²) < 4.78 is 19.3. The number of hydrogen-bond donors (Lipinski definition) is 1. The summed E-state index contributed by atoms with van der Waals surface area (Å²) in [5.41, 5.74) is 0.991. The number of halogens is 2. The van der Waals surface area contributed by atoms with Crippen molar-refractivity contribution in [3.63, 3.8) is 0 Å². The number of hydrogen-bond acceptors (Lipinski definition) is 3. The van der Waals surface area contributed by atoms with Crippen LogP contribution in [0.5, 0.6) is 5.75 Å². The molecule has 2 aromatic rings. The fraction of sp³-hybridized carbons (Fsp3) is 0.0667. The molecular weight excluding hydrogens is 297 g/mol. The number of carbonyl (C=O) groups is 1. The first-order valence-electron chi connectivity index (χ1n) is 5.98. The van der Waals surface area contributed by atoms with Crippen LogP contribution in [0.4, 0.5) is 4.39 Å². The summed E-state index contributed by atoms with van der Waals surface area (Å²) >= 11 is 5.94. The Morgan fingerprint density at radius 3 is 2.95 bits per heavy atom. The highest BCUT2D eigenvalue weighted by atomic mass is 35.5. The van der Waals surface area contributed by atoms with Crippen LogP contribution in [0.3, 0.4) is 0 Å². The molecule has 1 heterocycles. The molecule has 21 heavy (non-hydrogen) atoms. The summed E-state index contributed by atoms with van der Waals surface area (Å²) in [4.78, 5) is 14.4. The number of ether oxygens (including phenoxy) is 1. The average molecular weight is 308 g/mol. The standard InChI is InChI=1S/C15H11ClFNO3/c16-12-8-18-7-6-11(12)9-21-15-10(4-5-14(19)20)2-1-3-13(15)17/h1-8H,9H2,(H,19,20)/b5-4+. The van der Waals surface area contributed by atoms with E-state index in [-0.39, 0.29) is 12.4 Å². The van der Waals surface area contributed by atoms with Crippen LogP contribution < -0.4 is 4.74 Å². The molecule has 1 aromatic heterocycles. The summed E-state index contributed by atoms with van der Waals surface area (Å²) in [5.74, 6) is -1.72. The van der Waals surface area contributed by atoms with Crippen molar-refractivity contribution in [2.45, 2.75) is 6.61 Å². The van der Waals surface area contributed by atoms with E-state index < -0.39 is 11.8 Å². The maximum atomic E-state index is 13.8. The van der Waals surface area contributed by atoms with Gasteiger partial charge in [0.2, 0.25) is 0 Å². The van der Waals surface area contributed by atoms with Crippen molar-refractivity contribution < 1.29 is 19.0 Å². The van der Waals surface area contributed by atoms with Crippen molar-refractivity contribution in [2.24, 2.45) is 0 Å². The van der Waals surface area contributed by atoms with Crippen molar-refractivity contribution in [1.82, 2.24) is 4.98 Å². The maximum Gasteiger partial charge on any atom is 0.328 e. The molecule has 1 aromatic carbocycles. The zero-order valence-electron chi connectivity index (χ0n) is 10.8. The molecule has 0 unspecified atom stereocenters. The molecule has 4 nitrogen and oxygen atoms in total. The van der Waals surface area contributed by atoms with Crippen LogP contribution in [-0.2, 0) is 11.4 Å².